The number of rotatable bonds is 4. The summed E-state index contributed by atoms with van der Waals surface area (Å²) in [5, 5.41) is 24.9. The smallest absolute Gasteiger partial charge is 0.165 e. The molecule has 9 heavy (non-hydrogen) atoms. The van der Waals surface area contributed by atoms with Gasteiger partial charge in [0.05, 0.1) is 13.2 Å². The molecule has 0 saturated carbocycles. The van der Waals surface area contributed by atoms with E-state index in [0.29, 0.717) is 0 Å². The molecule has 0 amide bonds. The molecule has 0 aliphatic carbocycles. The maximum atomic E-state index is 10.4. The zero-order valence-corrected chi connectivity index (χ0v) is 4.95. The largest absolute Gasteiger partial charge is 0.396 e. The van der Waals surface area contributed by atoms with Crippen molar-refractivity contribution in [1.82, 2.24) is 0 Å². The molecule has 0 spiro atoms. The first-order valence-corrected chi connectivity index (χ1v) is 2.65. The molecule has 0 rings (SSSR count). The van der Waals surface area contributed by atoms with E-state index in [0.717, 1.165) is 0 Å². The summed E-state index contributed by atoms with van der Waals surface area (Å²) in [6.07, 6.45) is -1.42. The molecule has 4 nitrogen and oxygen atoms in total. The Balaban J connectivity index is 3.46. The van der Waals surface area contributed by atoms with Crippen molar-refractivity contribution in [3.05, 3.63) is 0 Å². The van der Waals surface area contributed by atoms with Crippen LogP contribution in [-0.4, -0.2) is 40.4 Å². The predicted octanol–water partition coefficient (Wildman–Crippen LogP) is -1.71. The van der Waals surface area contributed by atoms with Crippen molar-refractivity contribution in [2.75, 3.05) is 13.2 Å². The summed E-state index contributed by atoms with van der Waals surface area (Å²) in [4.78, 5) is 10.4. The SMILES string of the molecule is O=C(CCO)[C@@H](O)CO. The first-order chi connectivity index (χ1) is 4.22. The quantitative estimate of drug-likeness (QED) is 0.428. The Morgan fingerprint density at radius 2 is 2.00 bits per heavy atom. The highest BCUT2D eigenvalue weighted by molar-refractivity contribution is 5.82. The highest BCUT2D eigenvalue weighted by Gasteiger charge is 2.11. The van der Waals surface area contributed by atoms with Gasteiger partial charge in [-0.3, -0.25) is 4.79 Å². The van der Waals surface area contributed by atoms with Gasteiger partial charge in [0, 0.05) is 6.42 Å². The van der Waals surface area contributed by atoms with E-state index < -0.39 is 18.5 Å². The second-order valence-electron chi connectivity index (χ2n) is 1.64. The molecule has 0 heterocycles. The zero-order chi connectivity index (χ0) is 7.28. The average molecular weight is 134 g/mol. The van der Waals surface area contributed by atoms with Crippen molar-refractivity contribution < 1.29 is 20.1 Å². The third-order valence-corrected chi connectivity index (χ3v) is 0.903. The van der Waals surface area contributed by atoms with Crippen LogP contribution in [0.25, 0.3) is 0 Å². The number of hydrogen-bond donors (Lipinski definition) is 3. The fourth-order valence-corrected chi connectivity index (χ4v) is 0.379. The summed E-state index contributed by atoms with van der Waals surface area (Å²) >= 11 is 0. The third kappa shape index (κ3) is 3.18. The second kappa shape index (κ2) is 4.43. The Morgan fingerprint density at radius 3 is 2.33 bits per heavy atom. The lowest BCUT2D eigenvalue weighted by Crippen LogP contribution is -2.24. The van der Waals surface area contributed by atoms with E-state index in [1.807, 2.05) is 0 Å². The van der Waals surface area contributed by atoms with Crippen LogP contribution in [0, 0.1) is 0 Å². The van der Waals surface area contributed by atoms with E-state index >= 15 is 0 Å². The van der Waals surface area contributed by atoms with Gasteiger partial charge < -0.3 is 15.3 Å². The molecular formula is C5H10O4. The fraction of sp³-hybridized carbons (Fsp3) is 0.800. The van der Waals surface area contributed by atoms with Crippen LogP contribution in [-0.2, 0) is 4.79 Å². The van der Waals surface area contributed by atoms with Gasteiger partial charge in [0.1, 0.15) is 6.10 Å². The third-order valence-electron chi connectivity index (χ3n) is 0.903. The molecule has 0 aliphatic heterocycles. The van der Waals surface area contributed by atoms with Gasteiger partial charge in [-0.2, -0.15) is 0 Å². The van der Waals surface area contributed by atoms with Crippen LogP contribution in [0.5, 0.6) is 0 Å². The maximum Gasteiger partial charge on any atom is 0.165 e. The van der Waals surface area contributed by atoms with E-state index in [2.05, 4.69) is 0 Å². The second-order valence-corrected chi connectivity index (χ2v) is 1.64. The van der Waals surface area contributed by atoms with E-state index in [1.54, 1.807) is 0 Å². The lowest BCUT2D eigenvalue weighted by atomic mass is 10.2. The average Bonchev–Trinajstić information content (AvgIpc) is 1.87. The van der Waals surface area contributed by atoms with E-state index in [4.69, 9.17) is 15.3 Å². The number of aliphatic hydroxyl groups excluding tert-OH is 3. The van der Waals surface area contributed by atoms with Crippen LogP contribution >= 0.6 is 0 Å². The highest BCUT2D eigenvalue weighted by atomic mass is 16.3. The summed E-state index contributed by atoms with van der Waals surface area (Å²) in [7, 11) is 0. The summed E-state index contributed by atoms with van der Waals surface area (Å²) in [6.45, 7) is -0.852. The minimum atomic E-state index is -1.32. The lowest BCUT2D eigenvalue weighted by molar-refractivity contribution is -0.129. The lowest BCUT2D eigenvalue weighted by Gasteiger charge is -2.02. The van der Waals surface area contributed by atoms with Crippen molar-refractivity contribution in [3.63, 3.8) is 0 Å². The summed E-state index contributed by atoms with van der Waals surface area (Å²) in [5.41, 5.74) is 0. The van der Waals surface area contributed by atoms with Crippen LogP contribution in [0.4, 0.5) is 0 Å². The Hall–Kier alpha value is -0.450. The van der Waals surface area contributed by atoms with Crippen LogP contribution < -0.4 is 0 Å². The highest BCUT2D eigenvalue weighted by Crippen LogP contribution is 1.88. The molecule has 0 radical (unpaired) electrons. The Kier molecular flexibility index (Phi) is 4.21. The Labute approximate surface area is 52.7 Å². The molecule has 0 saturated heterocycles. The van der Waals surface area contributed by atoms with Crippen LogP contribution in [0.15, 0.2) is 0 Å². The Morgan fingerprint density at radius 1 is 1.44 bits per heavy atom. The minimum Gasteiger partial charge on any atom is -0.396 e. The first-order valence-electron chi connectivity index (χ1n) is 2.65. The Bertz CT molecular complexity index is 91.0. The number of ketones is 1. The number of carbonyl (C=O) groups excluding carboxylic acids is 1. The fourth-order valence-electron chi connectivity index (χ4n) is 0.379. The predicted molar refractivity (Wildman–Crippen MR) is 29.8 cm³/mol. The monoisotopic (exact) mass is 134 g/mol. The van der Waals surface area contributed by atoms with Gasteiger partial charge in [-0.1, -0.05) is 0 Å². The van der Waals surface area contributed by atoms with Gasteiger partial charge >= 0.3 is 0 Å². The van der Waals surface area contributed by atoms with Gasteiger partial charge in [-0.05, 0) is 0 Å². The van der Waals surface area contributed by atoms with Crippen molar-refractivity contribution in [2.24, 2.45) is 0 Å². The van der Waals surface area contributed by atoms with Crippen molar-refractivity contribution in [3.8, 4) is 0 Å². The molecule has 0 bridgehead atoms. The van der Waals surface area contributed by atoms with Crippen molar-refractivity contribution in [2.45, 2.75) is 12.5 Å². The molecule has 0 aromatic carbocycles. The summed E-state index contributed by atoms with van der Waals surface area (Å²) in [5.74, 6) is -0.528. The van der Waals surface area contributed by atoms with Crippen molar-refractivity contribution >= 4 is 5.78 Å². The molecule has 1 atom stereocenters. The molecule has 0 fully saturated rings. The van der Waals surface area contributed by atoms with Gasteiger partial charge in [-0.25, -0.2) is 0 Å². The zero-order valence-electron chi connectivity index (χ0n) is 4.95. The molecular weight excluding hydrogens is 124 g/mol. The van der Waals surface area contributed by atoms with Gasteiger partial charge in [0.15, 0.2) is 5.78 Å². The van der Waals surface area contributed by atoms with Gasteiger partial charge in [0.2, 0.25) is 0 Å². The molecule has 0 unspecified atom stereocenters. The van der Waals surface area contributed by atoms with E-state index in [1.165, 1.54) is 0 Å². The summed E-state index contributed by atoms with van der Waals surface area (Å²) < 4.78 is 0. The van der Waals surface area contributed by atoms with Crippen LogP contribution in [0.3, 0.4) is 0 Å². The number of Topliss-reactive ketones (excluding diaryl/α,β-unsaturated/α-hetero) is 1. The molecule has 3 N–H and O–H groups in total. The minimum absolute atomic E-state index is 0.0955. The summed E-state index contributed by atoms with van der Waals surface area (Å²) in [6, 6.07) is 0. The van der Waals surface area contributed by atoms with Crippen LogP contribution in [0.1, 0.15) is 6.42 Å². The van der Waals surface area contributed by atoms with Gasteiger partial charge in [0.25, 0.3) is 0 Å². The number of hydrogen-bond acceptors (Lipinski definition) is 4. The van der Waals surface area contributed by atoms with Crippen molar-refractivity contribution in [1.29, 1.82) is 0 Å². The number of aliphatic hydroxyl groups is 3. The molecule has 0 aliphatic rings. The topological polar surface area (TPSA) is 77.8 Å². The number of carbonyl (C=O) groups is 1. The van der Waals surface area contributed by atoms with Crippen LogP contribution in [0.2, 0.25) is 0 Å². The van der Waals surface area contributed by atoms with E-state index in [9.17, 15) is 4.79 Å². The molecule has 4 heteroatoms. The standard InChI is InChI=1S/C5H10O4/c6-2-1-4(8)5(9)3-7/h5-7,9H,1-3H2/t5-/m0/s1. The maximum absolute atomic E-state index is 10.4. The molecule has 0 aromatic rings. The first kappa shape index (κ1) is 8.55. The van der Waals surface area contributed by atoms with E-state index in [-0.39, 0.29) is 13.0 Å². The normalized spacial score (nSPS) is 13.2. The molecule has 0 aromatic heterocycles. The molecule has 54 valence electrons. The van der Waals surface area contributed by atoms with Gasteiger partial charge in [-0.15, -0.1) is 0 Å².